The summed E-state index contributed by atoms with van der Waals surface area (Å²) in [5.41, 5.74) is 3.26. The second kappa shape index (κ2) is 10.4. The minimum absolute atomic E-state index is 0.0161. The number of guanidine groups is 1. The predicted octanol–water partition coefficient (Wildman–Crippen LogP) is 2.56. The molecule has 7 heteroatoms. The second-order valence-corrected chi connectivity index (χ2v) is 8.41. The highest BCUT2D eigenvalue weighted by Gasteiger charge is 2.16. The molecule has 29 heavy (non-hydrogen) atoms. The van der Waals surface area contributed by atoms with Crippen LogP contribution in [-0.2, 0) is 19.5 Å². The highest BCUT2D eigenvalue weighted by Crippen LogP contribution is 2.23. The number of benzene rings is 1. The molecule has 0 radical (unpaired) electrons. The Bertz CT molecular complexity index is 828. The third-order valence-corrected chi connectivity index (χ3v) is 6.00. The summed E-state index contributed by atoms with van der Waals surface area (Å²) in [4.78, 5) is 22.3. The molecule has 0 aliphatic carbocycles. The first-order valence-electron chi connectivity index (χ1n) is 10.2. The van der Waals surface area contributed by atoms with E-state index in [1.165, 1.54) is 5.56 Å². The van der Waals surface area contributed by atoms with Gasteiger partial charge in [0.15, 0.2) is 5.96 Å². The lowest BCUT2D eigenvalue weighted by atomic mass is 10.1. The summed E-state index contributed by atoms with van der Waals surface area (Å²) in [5.74, 6) is 0.844. The van der Waals surface area contributed by atoms with Crippen LogP contribution in [0.4, 0.5) is 0 Å². The van der Waals surface area contributed by atoms with Crippen molar-refractivity contribution in [1.29, 1.82) is 0 Å². The van der Waals surface area contributed by atoms with Crippen molar-refractivity contribution in [2.75, 3.05) is 40.3 Å². The quantitative estimate of drug-likeness (QED) is 0.541. The molecular weight excluding hydrogens is 382 g/mol. The van der Waals surface area contributed by atoms with Crippen LogP contribution in [0.25, 0.3) is 0 Å². The molecule has 1 aliphatic rings. The van der Waals surface area contributed by atoms with E-state index in [0.29, 0.717) is 12.1 Å². The molecule has 0 unspecified atom stereocenters. The van der Waals surface area contributed by atoms with Crippen LogP contribution in [0, 0.1) is 0 Å². The monoisotopic (exact) mass is 413 g/mol. The summed E-state index contributed by atoms with van der Waals surface area (Å²) in [6.45, 7) is 7.51. The Hall–Kier alpha value is -2.38. The molecule has 1 aliphatic heterocycles. The van der Waals surface area contributed by atoms with Crippen molar-refractivity contribution in [2.24, 2.45) is 4.99 Å². The Morgan fingerprint density at radius 1 is 1.21 bits per heavy atom. The fraction of sp³-hybridized carbons (Fsp3) is 0.455. The number of rotatable bonds is 7. The van der Waals surface area contributed by atoms with Crippen LogP contribution in [0.2, 0.25) is 0 Å². The van der Waals surface area contributed by atoms with Gasteiger partial charge in [0.05, 0.1) is 6.54 Å². The van der Waals surface area contributed by atoms with Gasteiger partial charge in [-0.15, -0.1) is 11.3 Å². The highest BCUT2D eigenvalue weighted by atomic mass is 32.1. The number of amides is 1. The van der Waals surface area contributed by atoms with Gasteiger partial charge in [0, 0.05) is 57.3 Å². The van der Waals surface area contributed by atoms with Crippen molar-refractivity contribution in [2.45, 2.75) is 26.4 Å². The smallest absolute Gasteiger partial charge is 0.253 e. The van der Waals surface area contributed by atoms with Gasteiger partial charge in [-0.3, -0.25) is 9.69 Å². The van der Waals surface area contributed by atoms with Gasteiger partial charge in [-0.2, -0.15) is 0 Å². The van der Waals surface area contributed by atoms with Gasteiger partial charge in [0.25, 0.3) is 5.91 Å². The number of carbonyl (C=O) groups is 1. The molecule has 1 aromatic heterocycles. The van der Waals surface area contributed by atoms with Gasteiger partial charge >= 0.3 is 0 Å². The van der Waals surface area contributed by atoms with Gasteiger partial charge in [-0.25, -0.2) is 4.99 Å². The summed E-state index contributed by atoms with van der Waals surface area (Å²) >= 11 is 1.88. The van der Waals surface area contributed by atoms with Crippen LogP contribution < -0.4 is 10.6 Å². The Balaban J connectivity index is 1.49. The van der Waals surface area contributed by atoms with Gasteiger partial charge in [-0.1, -0.05) is 12.1 Å². The number of nitrogens with zero attached hydrogens (tertiary/aromatic N) is 3. The molecule has 0 fully saturated rings. The van der Waals surface area contributed by atoms with Gasteiger partial charge in [-0.05, 0) is 48.1 Å². The van der Waals surface area contributed by atoms with Crippen LogP contribution in [0.3, 0.4) is 0 Å². The van der Waals surface area contributed by atoms with E-state index in [4.69, 9.17) is 0 Å². The maximum absolute atomic E-state index is 12.0. The van der Waals surface area contributed by atoms with Crippen molar-refractivity contribution in [1.82, 2.24) is 20.4 Å². The van der Waals surface area contributed by atoms with E-state index in [-0.39, 0.29) is 5.91 Å². The average Bonchev–Trinajstić information content (AvgIpc) is 3.19. The number of carbonyl (C=O) groups excluding carboxylic acids is 1. The summed E-state index contributed by atoms with van der Waals surface area (Å²) in [6.07, 6.45) is 1.16. The maximum atomic E-state index is 12.0. The normalized spacial score (nSPS) is 14.4. The zero-order valence-electron chi connectivity index (χ0n) is 17.6. The summed E-state index contributed by atoms with van der Waals surface area (Å²) in [6, 6.07) is 9.92. The lowest BCUT2D eigenvalue weighted by Crippen LogP contribution is -2.42. The first-order valence-corrected chi connectivity index (χ1v) is 11.0. The molecule has 6 nitrogen and oxygen atoms in total. The van der Waals surface area contributed by atoms with Crippen molar-refractivity contribution < 1.29 is 4.79 Å². The summed E-state index contributed by atoms with van der Waals surface area (Å²) in [7, 11) is 3.52. The van der Waals surface area contributed by atoms with Crippen LogP contribution in [0.15, 0.2) is 40.7 Å². The van der Waals surface area contributed by atoms with E-state index in [1.807, 2.05) is 35.6 Å². The number of hydrogen-bond acceptors (Lipinski definition) is 4. The Labute approximate surface area is 177 Å². The molecule has 0 saturated heterocycles. The molecule has 0 spiro atoms. The van der Waals surface area contributed by atoms with Gasteiger partial charge < -0.3 is 15.5 Å². The first kappa shape index (κ1) is 21.3. The number of thiophene rings is 1. The minimum Gasteiger partial charge on any atom is -0.357 e. The lowest BCUT2D eigenvalue weighted by Gasteiger charge is -2.27. The molecule has 3 rings (SSSR count). The zero-order valence-corrected chi connectivity index (χ0v) is 18.4. The molecule has 2 heterocycles. The van der Waals surface area contributed by atoms with E-state index in [9.17, 15) is 4.79 Å². The number of hydrogen-bond donors (Lipinski definition) is 2. The maximum Gasteiger partial charge on any atom is 0.253 e. The second-order valence-electron chi connectivity index (χ2n) is 7.41. The van der Waals surface area contributed by atoms with Gasteiger partial charge in [0.1, 0.15) is 0 Å². The Morgan fingerprint density at radius 2 is 2.00 bits per heavy atom. The van der Waals surface area contributed by atoms with Crippen LogP contribution >= 0.6 is 11.3 Å². The number of fused-ring (bicyclic) bond motifs is 1. The molecule has 2 N–H and O–H groups in total. The molecular formula is C22H31N5OS. The topological polar surface area (TPSA) is 60.0 Å². The average molecular weight is 414 g/mol. The van der Waals surface area contributed by atoms with E-state index in [2.05, 4.69) is 38.9 Å². The minimum atomic E-state index is 0.0161. The number of aliphatic imine (C=N–C) groups is 1. The predicted molar refractivity (Wildman–Crippen MR) is 121 cm³/mol. The standard InChI is InChI=1S/C22H31N5OS/c1-4-23-22(24-11-13-27-12-9-20-19(16-27)10-14-29-20)25-15-17-5-7-18(8-6-17)21(28)26(2)3/h5-8,10,14H,4,9,11-13,15-16H2,1-3H3,(H2,23,24,25). The van der Waals surface area contributed by atoms with E-state index >= 15 is 0 Å². The molecule has 0 saturated carbocycles. The van der Waals surface area contributed by atoms with E-state index in [0.717, 1.165) is 50.7 Å². The number of nitrogens with one attached hydrogen (secondary N) is 2. The Kier molecular flexibility index (Phi) is 7.66. The van der Waals surface area contributed by atoms with Crippen molar-refractivity contribution in [3.8, 4) is 0 Å². The molecule has 156 valence electrons. The molecule has 1 amide bonds. The first-order chi connectivity index (χ1) is 14.1. The molecule has 2 aromatic rings. The van der Waals surface area contributed by atoms with Gasteiger partial charge in [0.2, 0.25) is 0 Å². The van der Waals surface area contributed by atoms with Crippen LogP contribution in [0.1, 0.15) is 33.3 Å². The van der Waals surface area contributed by atoms with Crippen LogP contribution in [-0.4, -0.2) is 61.9 Å². The highest BCUT2D eigenvalue weighted by molar-refractivity contribution is 7.10. The lowest BCUT2D eigenvalue weighted by molar-refractivity contribution is 0.0827. The SMILES string of the molecule is CCNC(=NCc1ccc(C(=O)N(C)C)cc1)NCCN1CCc2sccc2C1. The summed E-state index contributed by atoms with van der Waals surface area (Å²) in [5, 5.41) is 8.95. The summed E-state index contributed by atoms with van der Waals surface area (Å²) < 4.78 is 0. The zero-order chi connectivity index (χ0) is 20.6. The Morgan fingerprint density at radius 3 is 2.72 bits per heavy atom. The fourth-order valence-electron chi connectivity index (χ4n) is 3.35. The third kappa shape index (κ3) is 6.05. The van der Waals surface area contributed by atoms with E-state index < -0.39 is 0 Å². The van der Waals surface area contributed by atoms with Crippen LogP contribution in [0.5, 0.6) is 0 Å². The fourth-order valence-corrected chi connectivity index (χ4v) is 4.24. The van der Waals surface area contributed by atoms with E-state index in [1.54, 1.807) is 23.9 Å². The largest absolute Gasteiger partial charge is 0.357 e. The third-order valence-electron chi connectivity index (χ3n) is 4.98. The van der Waals surface area contributed by atoms with Crippen molar-refractivity contribution in [3.63, 3.8) is 0 Å². The molecule has 1 aromatic carbocycles. The van der Waals surface area contributed by atoms with Crippen molar-refractivity contribution >= 4 is 23.2 Å². The molecule has 0 atom stereocenters. The van der Waals surface area contributed by atoms with Crippen molar-refractivity contribution in [3.05, 3.63) is 57.3 Å². The molecule has 0 bridgehead atoms.